The average molecular weight is 220 g/mol. The lowest BCUT2D eigenvalue weighted by molar-refractivity contribution is -0.137. The Balaban J connectivity index is 0. The Morgan fingerprint density at radius 3 is 2.50 bits per heavy atom. The van der Waals surface area contributed by atoms with Gasteiger partial charge >= 0.3 is 5.97 Å². The molecule has 0 amide bonds. The first-order valence-corrected chi connectivity index (χ1v) is 4.17. The second-order valence-corrected chi connectivity index (χ2v) is 3.04. The summed E-state index contributed by atoms with van der Waals surface area (Å²) in [5, 5.41) is 0. The van der Waals surface area contributed by atoms with Crippen LogP contribution in [0.25, 0.3) is 0 Å². The Morgan fingerprint density at radius 1 is 1.50 bits per heavy atom. The first-order valence-electron chi connectivity index (χ1n) is 4.17. The summed E-state index contributed by atoms with van der Waals surface area (Å²) < 4.78 is 4.84. The zero-order valence-electron chi connectivity index (χ0n) is 8.95. The minimum Gasteiger partial charge on any atom is -0.458 e. The molecule has 0 aliphatic heterocycles. The fraction of sp³-hybridized carbons (Fsp3) is 0.500. The summed E-state index contributed by atoms with van der Waals surface area (Å²) in [6.07, 6.45) is 3.39. The van der Waals surface area contributed by atoms with Crippen molar-refractivity contribution in [3.05, 3.63) is 24.3 Å². The van der Waals surface area contributed by atoms with E-state index in [1.165, 1.54) is 0 Å². The molecule has 0 aromatic carbocycles. The summed E-state index contributed by atoms with van der Waals surface area (Å²) in [6.45, 7) is 6.22. The molecule has 0 aliphatic rings. The number of carbonyl (C=O) groups excluding carboxylic acids is 1. The Morgan fingerprint density at radius 2 is 2.07 bits per heavy atom. The lowest BCUT2D eigenvalue weighted by atomic mass is 10.3. The molecule has 0 radical (unpaired) electrons. The molecule has 0 saturated carbocycles. The monoisotopic (exact) mass is 219 g/mol. The van der Waals surface area contributed by atoms with Crippen LogP contribution in [0.3, 0.4) is 0 Å². The van der Waals surface area contributed by atoms with Crippen LogP contribution in [0.1, 0.15) is 6.92 Å². The van der Waals surface area contributed by atoms with Crippen molar-refractivity contribution in [2.75, 3.05) is 27.2 Å². The molecule has 14 heavy (non-hydrogen) atoms. The van der Waals surface area contributed by atoms with E-state index in [-0.39, 0.29) is 25.0 Å². The maximum absolute atomic E-state index is 11.2. The van der Waals surface area contributed by atoms with Gasteiger partial charge in [-0.15, -0.1) is 12.4 Å². The molecular formula is C10H18ClNO2. The maximum Gasteiger partial charge on any atom is 0.333 e. The van der Waals surface area contributed by atoms with Gasteiger partial charge in [0.05, 0.1) is 0 Å². The predicted octanol–water partition coefficient (Wildman–Crippen LogP) is 1.65. The number of halogens is 1. The van der Waals surface area contributed by atoms with Crippen LogP contribution in [0.5, 0.6) is 0 Å². The number of ether oxygens (including phenoxy) is 1. The van der Waals surface area contributed by atoms with Gasteiger partial charge < -0.3 is 9.64 Å². The molecule has 4 heteroatoms. The molecule has 0 heterocycles. The zero-order valence-corrected chi connectivity index (χ0v) is 9.76. The van der Waals surface area contributed by atoms with Crippen LogP contribution in [0.4, 0.5) is 0 Å². The highest BCUT2D eigenvalue weighted by Gasteiger charge is 2.03. The topological polar surface area (TPSA) is 29.5 Å². The van der Waals surface area contributed by atoms with Gasteiger partial charge in [-0.2, -0.15) is 0 Å². The van der Waals surface area contributed by atoms with Crippen LogP contribution in [-0.4, -0.2) is 38.1 Å². The van der Waals surface area contributed by atoms with Crippen molar-refractivity contribution in [3.63, 3.8) is 0 Å². The number of hydrogen-bond acceptors (Lipinski definition) is 3. The molecule has 0 saturated heterocycles. The number of carbonyl (C=O) groups is 1. The van der Waals surface area contributed by atoms with Crippen LogP contribution in [0, 0.1) is 0 Å². The lowest BCUT2D eigenvalue weighted by Gasteiger charge is -2.06. The third-order valence-corrected chi connectivity index (χ3v) is 1.42. The fourth-order valence-electron chi connectivity index (χ4n) is 0.651. The second-order valence-electron chi connectivity index (χ2n) is 3.04. The average Bonchev–Trinajstić information content (AvgIpc) is 2.10. The third kappa shape index (κ3) is 7.83. The number of esters is 1. The maximum atomic E-state index is 11.2. The van der Waals surface area contributed by atoms with Crippen molar-refractivity contribution >= 4 is 18.4 Å². The van der Waals surface area contributed by atoms with Gasteiger partial charge in [0.1, 0.15) is 6.61 Å². The van der Waals surface area contributed by atoms with E-state index >= 15 is 0 Å². The highest BCUT2D eigenvalue weighted by molar-refractivity contribution is 5.87. The Kier molecular flexibility index (Phi) is 9.83. The molecular weight excluding hydrogens is 202 g/mol. The Labute approximate surface area is 91.8 Å². The van der Waals surface area contributed by atoms with E-state index in [2.05, 4.69) is 6.58 Å². The highest BCUT2D eigenvalue weighted by atomic mass is 35.5. The molecule has 0 aromatic heterocycles. The molecule has 0 atom stereocenters. The molecule has 0 aromatic rings. The van der Waals surface area contributed by atoms with Crippen molar-refractivity contribution in [1.82, 2.24) is 4.90 Å². The highest BCUT2D eigenvalue weighted by Crippen LogP contribution is 1.96. The summed E-state index contributed by atoms with van der Waals surface area (Å²) in [4.78, 5) is 13.1. The molecule has 0 fully saturated rings. The molecule has 0 aliphatic carbocycles. The summed E-state index contributed by atoms with van der Waals surface area (Å²) in [5.74, 6) is -0.276. The summed E-state index contributed by atoms with van der Waals surface area (Å²) in [5.41, 5.74) is 0.635. The summed E-state index contributed by atoms with van der Waals surface area (Å²) in [6, 6.07) is 0. The summed E-state index contributed by atoms with van der Waals surface area (Å²) in [7, 11) is 3.89. The van der Waals surface area contributed by atoms with Gasteiger partial charge in [-0.05, 0) is 21.0 Å². The van der Waals surface area contributed by atoms with Gasteiger partial charge in [0.25, 0.3) is 0 Å². The second kappa shape index (κ2) is 8.78. The quantitative estimate of drug-likeness (QED) is 0.400. The van der Waals surface area contributed by atoms with Gasteiger partial charge in [-0.3, -0.25) is 0 Å². The number of rotatable bonds is 5. The molecule has 0 bridgehead atoms. The van der Waals surface area contributed by atoms with E-state index in [4.69, 9.17) is 4.74 Å². The summed E-state index contributed by atoms with van der Waals surface area (Å²) >= 11 is 0. The van der Waals surface area contributed by atoms with Gasteiger partial charge in [-0.1, -0.05) is 18.7 Å². The van der Waals surface area contributed by atoms with Gasteiger partial charge in [0.2, 0.25) is 0 Å². The first-order chi connectivity index (χ1) is 6.07. The van der Waals surface area contributed by atoms with Gasteiger partial charge in [0, 0.05) is 12.1 Å². The van der Waals surface area contributed by atoms with Crippen molar-refractivity contribution < 1.29 is 9.53 Å². The number of hydrogen-bond donors (Lipinski definition) is 0. The van der Waals surface area contributed by atoms with E-state index < -0.39 is 0 Å². The molecule has 0 spiro atoms. The van der Waals surface area contributed by atoms with E-state index in [9.17, 15) is 4.79 Å². The zero-order chi connectivity index (χ0) is 10.3. The molecule has 0 unspecified atom stereocenters. The van der Waals surface area contributed by atoms with Gasteiger partial charge in [-0.25, -0.2) is 4.79 Å². The van der Waals surface area contributed by atoms with E-state index in [0.29, 0.717) is 5.57 Å². The van der Waals surface area contributed by atoms with Crippen LogP contribution < -0.4 is 0 Å². The van der Waals surface area contributed by atoms with Crippen molar-refractivity contribution in [3.8, 4) is 0 Å². The molecule has 0 N–H and O–H groups in total. The largest absolute Gasteiger partial charge is 0.458 e. The smallest absolute Gasteiger partial charge is 0.333 e. The fourth-order valence-corrected chi connectivity index (χ4v) is 0.651. The first kappa shape index (κ1) is 15.7. The normalized spacial score (nSPS) is 10.7. The minimum absolute atomic E-state index is 0. The van der Waals surface area contributed by atoms with Crippen LogP contribution in [-0.2, 0) is 9.53 Å². The number of likely N-dealkylation sites (N-methyl/N-ethyl adjacent to an activating group) is 1. The SMILES string of the molecule is C=CCOC(=O)C(C)=CCN(C)C.Cl. The lowest BCUT2D eigenvalue weighted by Crippen LogP contribution is -2.13. The third-order valence-electron chi connectivity index (χ3n) is 1.42. The van der Waals surface area contributed by atoms with E-state index in [1.54, 1.807) is 13.0 Å². The van der Waals surface area contributed by atoms with Crippen LogP contribution in [0.15, 0.2) is 24.3 Å². The molecule has 3 nitrogen and oxygen atoms in total. The van der Waals surface area contributed by atoms with Gasteiger partial charge in [0.15, 0.2) is 0 Å². The van der Waals surface area contributed by atoms with Crippen molar-refractivity contribution in [2.45, 2.75) is 6.92 Å². The van der Waals surface area contributed by atoms with E-state index in [1.807, 2.05) is 25.1 Å². The standard InChI is InChI=1S/C10H17NO2.ClH/c1-5-8-13-10(12)9(2)6-7-11(3)4;/h5-6H,1,7-8H2,2-4H3;1H. The van der Waals surface area contributed by atoms with E-state index in [0.717, 1.165) is 6.54 Å². The molecule has 82 valence electrons. The predicted molar refractivity (Wildman–Crippen MR) is 60.7 cm³/mol. The van der Waals surface area contributed by atoms with Crippen molar-refractivity contribution in [2.24, 2.45) is 0 Å². The number of nitrogens with zero attached hydrogens (tertiary/aromatic N) is 1. The Hall–Kier alpha value is -0.800. The molecule has 0 rings (SSSR count). The Bertz CT molecular complexity index is 212. The minimum atomic E-state index is -0.276. The van der Waals surface area contributed by atoms with Crippen molar-refractivity contribution in [1.29, 1.82) is 0 Å². The van der Waals surface area contributed by atoms with Crippen LogP contribution in [0.2, 0.25) is 0 Å². The van der Waals surface area contributed by atoms with Crippen LogP contribution >= 0.6 is 12.4 Å².